The molecule has 2 heterocycles. The molecular weight excluding hydrogens is 403 g/mol. The number of alkyl halides is 3. The molecule has 1 aliphatic carbocycles. The van der Waals surface area contributed by atoms with Crippen LogP contribution < -0.4 is 5.32 Å². The Hall–Kier alpha value is -2.42. The molecule has 0 bridgehead atoms. The van der Waals surface area contributed by atoms with E-state index in [0.717, 1.165) is 27.4 Å². The summed E-state index contributed by atoms with van der Waals surface area (Å²) in [5.41, 5.74) is 2.29. The minimum Gasteiger partial charge on any atom is -0.346 e. The van der Waals surface area contributed by atoms with Gasteiger partial charge in [-0.2, -0.15) is 13.2 Å². The molecule has 1 N–H and O–H groups in total. The fourth-order valence-corrected chi connectivity index (χ4v) is 4.95. The van der Waals surface area contributed by atoms with Gasteiger partial charge in [0.15, 0.2) is 0 Å². The molecule has 1 aromatic carbocycles. The van der Waals surface area contributed by atoms with Gasteiger partial charge in [0.05, 0.1) is 15.9 Å². The summed E-state index contributed by atoms with van der Waals surface area (Å²) in [4.78, 5) is 31.4. The molecule has 2 aromatic rings. The van der Waals surface area contributed by atoms with Crippen molar-refractivity contribution in [2.75, 3.05) is 6.54 Å². The zero-order valence-electron chi connectivity index (χ0n) is 15.9. The van der Waals surface area contributed by atoms with Gasteiger partial charge in [-0.3, -0.25) is 9.59 Å². The predicted molar refractivity (Wildman–Crippen MR) is 103 cm³/mol. The van der Waals surface area contributed by atoms with Crippen molar-refractivity contribution >= 4 is 23.2 Å². The first kappa shape index (κ1) is 19.9. The Morgan fingerprint density at radius 2 is 2.03 bits per heavy atom. The number of halogens is 3. The van der Waals surface area contributed by atoms with Crippen LogP contribution in [0, 0.1) is 19.8 Å². The molecule has 2 aliphatic rings. The minimum atomic E-state index is -4.93. The van der Waals surface area contributed by atoms with Crippen molar-refractivity contribution in [3.63, 3.8) is 0 Å². The van der Waals surface area contributed by atoms with Gasteiger partial charge in [-0.1, -0.05) is 29.8 Å². The number of thiazole rings is 1. The van der Waals surface area contributed by atoms with E-state index in [2.05, 4.69) is 4.98 Å². The summed E-state index contributed by atoms with van der Waals surface area (Å²) >= 11 is 1.42. The number of nitrogens with one attached hydrogen (secondary N) is 1. The van der Waals surface area contributed by atoms with E-state index in [1.807, 2.05) is 43.4 Å². The summed E-state index contributed by atoms with van der Waals surface area (Å²) in [7, 11) is 0. The highest BCUT2D eigenvalue weighted by atomic mass is 32.1. The van der Waals surface area contributed by atoms with Gasteiger partial charge in [0.25, 0.3) is 5.91 Å². The summed E-state index contributed by atoms with van der Waals surface area (Å²) in [6.07, 6.45) is -3.49. The van der Waals surface area contributed by atoms with Crippen LogP contribution in [0.25, 0.3) is 10.4 Å². The van der Waals surface area contributed by atoms with E-state index in [9.17, 15) is 22.8 Å². The Morgan fingerprint density at radius 3 is 2.72 bits per heavy atom. The van der Waals surface area contributed by atoms with Gasteiger partial charge in [0.2, 0.25) is 0 Å². The molecule has 5 nitrogen and oxygen atoms in total. The highest BCUT2D eigenvalue weighted by Gasteiger charge is 2.54. The van der Waals surface area contributed by atoms with Crippen molar-refractivity contribution in [1.82, 2.24) is 15.2 Å². The minimum absolute atomic E-state index is 0.0163. The van der Waals surface area contributed by atoms with Crippen molar-refractivity contribution in [2.24, 2.45) is 5.92 Å². The number of aromatic nitrogens is 1. The van der Waals surface area contributed by atoms with Crippen LogP contribution in [0.15, 0.2) is 24.3 Å². The number of hydrogen-bond donors (Lipinski definition) is 1. The van der Waals surface area contributed by atoms with E-state index in [-0.39, 0.29) is 24.4 Å². The molecule has 1 aliphatic heterocycles. The summed E-state index contributed by atoms with van der Waals surface area (Å²) in [5, 5.41) is 2.67. The molecule has 9 heteroatoms. The van der Waals surface area contributed by atoms with Crippen LogP contribution in [0.1, 0.15) is 33.9 Å². The summed E-state index contributed by atoms with van der Waals surface area (Å²) in [6.45, 7) is 3.58. The molecule has 1 aromatic heterocycles. The molecule has 0 spiro atoms. The van der Waals surface area contributed by atoms with Crippen LogP contribution in [0.3, 0.4) is 0 Å². The van der Waals surface area contributed by atoms with Crippen LogP contribution in [0.2, 0.25) is 0 Å². The first-order valence-electron chi connectivity index (χ1n) is 9.37. The van der Waals surface area contributed by atoms with E-state index in [1.165, 1.54) is 11.3 Å². The molecular formula is C20H20F3N3O2S. The predicted octanol–water partition coefficient (Wildman–Crippen LogP) is 3.71. The number of carbonyl (C=O) groups is 2. The van der Waals surface area contributed by atoms with Crippen LogP contribution in [-0.2, 0) is 4.79 Å². The van der Waals surface area contributed by atoms with E-state index in [0.29, 0.717) is 12.1 Å². The van der Waals surface area contributed by atoms with Crippen molar-refractivity contribution in [3.05, 3.63) is 40.5 Å². The number of rotatable bonds is 4. The van der Waals surface area contributed by atoms with E-state index < -0.39 is 18.1 Å². The van der Waals surface area contributed by atoms with Gasteiger partial charge < -0.3 is 10.2 Å². The first-order chi connectivity index (χ1) is 13.6. The normalized spacial score (nSPS) is 23.1. The fraction of sp³-hybridized carbons (Fsp3) is 0.450. The lowest BCUT2D eigenvalue weighted by atomic mass is 10.1. The van der Waals surface area contributed by atoms with Crippen molar-refractivity contribution in [1.29, 1.82) is 0 Å². The summed E-state index contributed by atoms with van der Waals surface area (Å²) in [5.74, 6) is -1.97. The largest absolute Gasteiger partial charge is 0.471 e. The number of aryl methyl sites for hydroxylation is 2. The Kier molecular flexibility index (Phi) is 4.88. The second-order valence-electron chi connectivity index (χ2n) is 7.65. The van der Waals surface area contributed by atoms with Crippen LogP contribution >= 0.6 is 11.3 Å². The van der Waals surface area contributed by atoms with Crippen molar-refractivity contribution in [3.8, 4) is 10.4 Å². The van der Waals surface area contributed by atoms with E-state index >= 15 is 0 Å². The standard InChI is InChI=1S/C20H20F3N3O2S/c1-10-4-3-5-12(6-10)17-16(25-11(2)29-17)18(27)26-14(7-13-8-15(13)26)9-24-19(28)20(21,22)23/h3-6,13-15H,7-9H2,1-2H3,(H,24,28)/t13-,14+,15+/m1/s1. The number of nitrogens with zero attached hydrogens (tertiary/aromatic N) is 2. The Bertz CT molecular complexity index is 972. The highest BCUT2D eigenvalue weighted by molar-refractivity contribution is 7.15. The third-order valence-electron chi connectivity index (χ3n) is 5.42. The lowest BCUT2D eigenvalue weighted by molar-refractivity contribution is -0.173. The average Bonchev–Trinajstić information content (AvgIpc) is 3.13. The van der Waals surface area contributed by atoms with E-state index in [4.69, 9.17) is 0 Å². The van der Waals surface area contributed by atoms with Crippen molar-refractivity contribution in [2.45, 2.75) is 44.9 Å². The van der Waals surface area contributed by atoms with Crippen molar-refractivity contribution < 1.29 is 22.8 Å². The Balaban J connectivity index is 1.58. The number of likely N-dealkylation sites (tertiary alicyclic amines) is 1. The van der Waals surface area contributed by atoms with Gasteiger partial charge in [-0.05, 0) is 38.2 Å². The molecule has 2 fully saturated rings. The molecule has 154 valence electrons. The van der Waals surface area contributed by atoms with Gasteiger partial charge in [0, 0.05) is 12.6 Å². The summed E-state index contributed by atoms with van der Waals surface area (Å²) < 4.78 is 37.5. The fourth-order valence-electron chi connectivity index (χ4n) is 4.04. The number of carbonyl (C=O) groups excluding carboxylic acids is 2. The maximum Gasteiger partial charge on any atom is 0.471 e. The Labute approximate surface area is 169 Å². The van der Waals surface area contributed by atoms with Gasteiger partial charge >= 0.3 is 12.1 Å². The van der Waals surface area contributed by atoms with Crippen LogP contribution in [0.4, 0.5) is 13.2 Å². The van der Waals surface area contributed by atoms with Gasteiger partial charge in [-0.15, -0.1) is 11.3 Å². The maximum atomic E-state index is 13.4. The molecule has 3 atom stereocenters. The lowest BCUT2D eigenvalue weighted by Crippen LogP contribution is -2.48. The smallest absolute Gasteiger partial charge is 0.346 e. The third-order valence-corrected chi connectivity index (χ3v) is 6.44. The monoisotopic (exact) mass is 423 g/mol. The molecule has 4 rings (SSSR count). The number of benzene rings is 1. The quantitative estimate of drug-likeness (QED) is 0.816. The molecule has 1 saturated heterocycles. The maximum absolute atomic E-state index is 13.4. The molecule has 0 unspecified atom stereocenters. The van der Waals surface area contributed by atoms with E-state index in [1.54, 1.807) is 4.90 Å². The molecule has 2 amide bonds. The summed E-state index contributed by atoms with van der Waals surface area (Å²) in [6, 6.07) is 7.34. The average molecular weight is 423 g/mol. The number of fused-ring (bicyclic) bond motifs is 1. The number of hydrogen-bond acceptors (Lipinski definition) is 4. The van der Waals surface area contributed by atoms with Crippen LogP contribution in [0.5, 0.6) is 0 Å². The molecule has 1 saturated carbocycles. The zero-order chi connectivity index (χ0) is 20.9. The SMILES string of the molecule is Cc1cccc(-c2sc(C)nc2C(=O)N2[C@H](CNC(=O)C(F)(F)F)C[C@@H]3C[C@@H]32)c1. The zero-order valence-corrected chi connectivity index (χ0v) is 16.7. The van der Waals surface area contributed by atoms with Crippen LogP contribution in [-0.4, -0.2) is 46.5 Å². The topological polar surface area (TPSA) is 62.3 Å². The lowest BCUT2D eigenvalue weighted by Gasteiger charge is -2.27. The number of piperidine rings is 1. The third kappa shape index (κ3) is 3.88. The Morgan fingerprint density at radius 1 is 1.28 bits per heavy atom. The van der Waals surface area contributed by atoms with Gasteiger partial charge in [0.1, 0.15) is 5.69 Å². The number of amides is 2. The highest BCUT2D eigenvalue weighted by Crippen LogP contribution is 2.48. The molecule has 29 heavy (non-hydrogen) atoms. The first-order valence-corrected chi connectivity index (χ1v) is 10.2. The molecule has 0 radical (unpaired) electrons. The second-order valence-corrected chi connectivity index (χ2v) is 8.86. The second kappa shape index (κ2) is 7.12. The van der Waals surface area contributed by atoms with Gasteiger partial charge in [-0.25, -0.2) is 4.98 Å².